The molecule has 0 saturated heterocycles. The number of ether oxygens (including phenoxy) is 1. The van der Waals surface area contributed by atoms with Crippen molar-refractivity contribution in [2.45, 2.75) is 43.0 Å². The average molecular weight is 447 g/mol. The topological polar surface area (TPSA) is 107 Å². The third kappa shape index (κ3) is 5.56. The number of sulfone groups is 1. The first-order valence-electron chi connectivity index (χ1n) is 9.56. The van der Waals surface area contributed by atoms with Crippen molar-refractivity contribution in [2.75, 3.05) is 12.4 Å². The van der Waals surface area contributed by atoms with Crippen molar-refractivity contribution in [1.82, 2.24) is 9.36 Å². The van der Waals surface area contributed by atoms with E-state index in [0.29, 0.717) is 23.1 Å². The summed E-state index contributed by atoms with van der Waals surface area (Å²) in [5.74, 6) is 1.24. The molecule has 7 nitrogen and oxygen atoms in total. The predicted octanol–water partition coefficient (Wildman–Crippen LogP) is 3.40. The maximum Gasteiger partial charge on any atom is 0.203 e. The minimum Gasteiger partial charge on any atom is -0.497 e. The van der Waals surface area contributed by atoms with Gasteiger partial charge in [0, 0.05) is 24.0 Å². The highest BCUT2D eigenvalue weighted by Crippen LogP contribution is 2.25. The Labute approximate surface area is 181 Å². The number of hydrogen-bond acceptors (Lipinski definition) is 8. The summed E-state index contributed by atoms with van der Waals surface area (Å²) >= 11 is 1.15. The van der Waals surface area contributed by atoms with E-state index in [2.05, 4.69) is 20.7 Å². The Hall–Kier alpha value is -2.49. The molecule has 1 aromatic heterocycles. The van der Waals surface area contributed by atoms with Crippen LogP contribution in [0.5, 0.6) is 5.75 Å². The first-order chi connectivity index (χ1) is 14.3. The maximum atomic E-state index is 13.2. The summed E-state index contributed by atoms with van der Waals surface area (Å²) in [5, 5.41) is 2.59. The Kier molecular flexibility index (Phi) is 7.06. The third-order valence-corrected chi connectivity index (χ3v) is 7.22. The van der Waals surface area contributed by atoms with Crippen LogP contribution >= 0.6 is 11.5 Å². The van der Waals surface area contributed by atoms with Gasteiger partial charge in [0.1, 0.15) is 16.9 Å². The number of aromatic nitrogens is 2. The lowest BCUT2D eigenvalue weighted by molar-refractivity contribution is 0.414. The van der Waals surface area contributed by atoms with Gasteiger partial charge in [0.05, 0.1) is 12.0 Å². The molecule has 3 N–H and O–H groups in total. The molecule has 30 heavy (non-hydrogen) atoms. The fourth-order valence-electron chi connectivity index (χ4n) is 3.06. The van der Waals surface area contributed by atoms with Gasteiger partial charge in [-0.15, -0.1) is 0 Å². The van der Waals surface area contributed by atoms with Crippen LogP contribution in [0.3, 0.4) is 0 Å². The van der Waals surface area contributed by atoms with Gasteiger partial charge in [-0.2, -0.15) is 4.37 Å². The van der Waals surface area contributed by atoms with Crippen LogP contribution in [0.15, 0.2) is 53.4 Å². The number of anilines is 1. The first-order valence-corrected chi connectivity index (χ1v) is 11.9. The van der Waals surface area contributed by atoms with Crippen molar-refractivity contribution < 1.29 is 13.2 Å². The average Bonchev–Trinajstić information content (AvgIpc) is 3.14. The molecule has 0 aliphatic rings. The van der Waals surface area contributed by atoms with E-state index in [4.69, 9.17) is 10.5 Å². The van der Waals surface area contributed by atoms with E-state index < -0.39 is 15.2 Å². The van der Waals surface area contributed by atoms with Crippen LogP contribution in [-0.2, 0) is 16.3 Å². The highest BCUT2D eigenvalue weighted by Gasteiger charge is 2.29. The number of rotatable bonds is 9. The van der Waals surface area contributed by atoms with Crippen molar-refractivity contribution in [2.24, 2.45) is 5.73 Å². The minimum absolute atomic E-state index is 0.200. The van der Waals surface area contributed by atoms with Gasteiger partial charge in [0.2, 0.25) is 5.13 Å². The Morgan fingerprint density at radius 1 is 1.20 bits per heavy atom. The summed E-state index contributed by atoms with van der Waals surface area (Å²) in [6.45, 7) is 3.81. The molecule has 3 aromatic rings. The Morgan fingerprint density at radius 3 is 2.57 bits per heavy atom. The van der Waals surface area contributed by atoms with Gasteiger partial charge in [-0.25, -0.2) is 13.4 Å². The predicted molar refractivity (Wildman–Crippen MR) is 120 cm³/mol. The molecule has 0 saturated carbocycles. The van der Waals surface area contributed by atoms with Gasteiger partial charge in [0.25, 0.3) is 0 Å². The summed E-state index contributed by atoms with van der Waals surface area (Å²) in [6.07, 6.45) is 0.824. The fraction of sp³-hybridized carbons (Fsp3) is 0.333. The monoisotopic (exact) mass is 446 g/mol. The summed E-state index contributed by atoms with van der Waals surface area (Å²) in [5.41, 5.74) is 8.21. The van der Waals surface area contributed by atoms with E-state index >= 15 is 0 Å². The van der Waals surface area contributed by atoms with Gasteiger partial charge in [0.15, 0.2) is 9.84 Å². The molecule has 9 heteroatoms. The molecule has 0 aliphatic carbocycles. The van der Waals surface area contributed by atoms with Gasteiger partial charge in [-0.1, -0.05) is 29.8 Å². The molecule has 0 fully saturated rings. The van der Waals surface area contributed by atoms with Gasteiger partial charge in [-0.3, -0.25) is 0 Å². The number of benzene rings is 2. The number of nitrogens with one attached hydrogen (secondary N) is 1. The van der Waals surface area contributed by atoms with Crippen molar-refractivity contribution in [1.29, 1.82) is 0 Å². The summed E-state index contributed by atoms with van der Waals surface area (Å²) in [4.78, 5) is 4.69. The smallest absolute Gasteiger partial charge is 0.203 e. The van der Waals surface area contributed by atoms with Gasteiger partial charge < -0.3 is 15.8 Å². The quantitative estimate of drug-likeness (QED) is 0.519. The van der Waals surface area contributed by atoms with Crippen LogP contribution in [0.4, 0.5) is 5.13 Å². The summed E-state index contributed by atoms with van der Waals surface area (Å²) < 4.78 is 35.9. The minimum atomic E-state index is -3.68. The van der Waals surface area contributed by atoms with E-state index in [-0.39, 0.29) is 17.4 Å². The number of aryl methyl sites for hydroxylation is 1. The number of methoxy groups -OCH3 is 1. The van der Waals surface area contributed by atoms with Crippen LogP contribution < -0.4 is 15.8 Å². The van der Waals surface area contributed by atoms with E-state index in [1.165, 1.54) is 24.8 Å². The number of hydrogen-bond donors (Lipinski definition) is 2. The van der Waals surface area contributed by atoms with Crippen LogP contribution in [0.1, 0.15) is 30.3 Å². The summed E-state index contributed by atoms with van der Waals surface area (Å²) in [6, 6.07) is 14.1. The highest BCUT2D eigenvalue weighted by atomic mass is 32.2. The lowest BCUT2D eigenvalue weighted by Gasteiger charge is -2.20. The standard InChI is InChI=1S/C21H26N4O3S2/c1-14-5-4-6-16(11-14)13-19-23-21(29-25-19)24-20(12-15(2)22)30(26,27)18-9-7-17(28-3)8-10-18/h4-11,15,20H,12-13,22H2,1-3H3,(H,23,24,25). The molecule has 2 unspecified atom stereocenters. The molecule has 2 aromatic carbocycles. The molecule has 0 aliphatic heterocycles. The van der Waals surface area contributed by atoms with E-state index in [0.717, 1.165) is 17.1 Å². The lowest BCUT2D eigenvalue weighted by Crippen LogP contribution is -2.35. The van der Waals surface area contributed by atoms with E-state index in [9.17, 15) is 8.42 Å². The van der Waals surface area contributed by atoms with Crippen LogP contribution in [-0.4, -0.2) is 36.3 Å². The zero-order valence-corrected chi connectivity index (χ0v) is 18.8. The van der Waals surface area contributed by atoms with Crippen molar-refractivity contribution in [3.63, 3.8) is 0 Å². The van der Waals surface area contributed by atoms with Crippen molar-refractivity contribution in [3.8, 4) is 5.75 Å². The first kappa shape index (κ1) is 22.2. The molecular weight excluding hydrogens is 420 g/mol. The zero-order chi connectivity index (χ0) is 21.7. The number of nitrogens with two attached hydrogens (primary N) is 1. The molecule has 0 spiro atoms. The molecular formula is C21H26N4O3S2. The second-order valence-electron chi connectivity index (χ2n) is 7.25. The molecule has 3 rings (SSSR count). The Bertz CT molecular complexity index is 1080. The van der Waals surface area contributed by atoms with E-state index in [1.54, 1.807) is 19.1 Å². The molecule has 0 bridgehead atoms. The normalized spacial score (nSPS) is 13.6. The largest absolute Gasteiger partial charge is 0.497 e. The Balaban J connectivity index is 1.80. The molecule has 2 atom stereocenters. The molecule has 0 amide bonds. The number of nitrogens with zero attached hydrogens (tertiary/aromatic N) is 2. The zero-order valence-electron chi connectivity index (χ0n) is 17.2. The fourth-order valence-corrected chi connectivity index (χ4v) is 5.44. The van der Waals surface area contributed by atoms with Crippen molar-refractivity contribution in [3.05, 3.63) is 65.5 Å². The second kappa shape index (κ2) is 9.55. The van der Waals surface area contributed by atoms with Crippen molar-refractivity contribution >= 4 is 26.5 Å². The summed E-state index contributed by atoms with van der Waals surface area (Å²) in [7, 11) is -2.15. The van der Waals surface area contributed by atoms with Crippen LogP contribution in [0, 0.1) is 6.92 Å². The Morgan fingerprint density at radius 2 is 1.93 bits per heavy atom. The third-order valence-electron chi connectivity index (χ3n) is 4.55. The van der Waals surface area contributed by atoms with Crippen LogP contribution in [0.25, 0.3) is 0 Å². The lowest BCUT2D eigenvalue weighted by atomic mass is 10.1. The molecule has 160 valence electrons. The molecule has 1 heterocycles. The SMILES string of the molecule is COc1ccc(S(=O)(=O)C(CC(C)N)Nc2nc(Cc3cccc(C)c3)ns2)cc1. The van der Waals surface area contributed by atoms with Crippen LogP contribution in [0.2, 0.25) is 0 Å². The highest BCUT2D eigenvalue weighted by molar-refractivity contribution is 7.92. The maximum absolute atomic E-state index is 13.2. The van der Waals surface area contributed by atoms with E-state index in [1.807, 2.05) is 25.1 Å². The second-order valence-corrected chi connectivity index (χ2v) is 10.1. The van der Waals surface area contributed by atoms with Gasteiger partial charge >= 0.3 is 0 Å². The van der Waals surface area contributed by atoms with Gasteiger partial charge in [-0.05, 0) is 50.1 Å². The molecule has 0 radical (unpaired) electrons.